The van der Waals surface area contributed by atoms with E-state index in [1.807, 2.05) is 30.1 Å². The van der Waals surface area contributed by atoms with Gasteiger partial charge in [0, 0.05) is 50.0 Å². The van der Waals surface area contributed by atoms with Crippen molar-refractivity contribution < 1.29 is 18.4 Å². The molecule has 2 aromatic carbocycles. The van der Waals surface area contributed by atoms with Gasteiger partial charge in [-0.05, 0) is 54.6 Å². The summed E-state index contributed by atoms with van der Waals surface area (Å²) in [4.78, 5) is 40.9. The van der Waals surface area contributed by atoms with Gasteiger partial charge in [0.1, 0.15) is 12.0 Å². The van der Waals surface area contributed by atoms with Gasteiger partial charge < -0.3 is 9.80 Å². The van der Waals surface area contributed by atoms with Gasteiger partial charge in [0.15, 0.2) is 5.82 Å². The Labute approximate surface area is 248 Å². The van der Waals surface area contributed by atoms with E-state index in [0.29, 0.717) is 62.6 Å². The number of benzene rings is 2. The first-order chi connectivity index (χ1) is 20.8. The van der Waals surface area contributed by atoms with Gasteiger partial charge in [-0.2, -0.15) is 5.10 Å². The molecule has 4 aliphatic heterocycles. The number of aryl methyl sites for hydroxylation is 1. The molecular formula is C32H33F2N7O2. The van der Waals surface area contributed by atoms with E-state index in [0.717, 1.165) is 23.1 Å². The fourth-order valence-electron chi connectivity index (χ4n) is 6.84. The number of aromatic nitrogens is 3. The molecule has 0 N–H and O–H groups in total. The third-order valence-electron chi connectivity index (χ3n) is 9.29. The molecule has 11 heteroatoms. The lowest BCUT2D eigenvalue weighted by Gasteiger charge is -2.29. The van der Waals surface area contributed by atoms with Gasteiger partial charge in [-0.1, -0.05) is 36.4 Å². The first-order valence-electron chi connectivity index (χ1n) is 14.7. The lowest BCUT2D eigenvalue weighted by Crippen LogP contribution is -2.43. The first kappa shape index (κ1) is 27.6. The predicted molar refractivity (Wildman–Crippen MR) is 159 cm³/mol. The Morgan fingerprint density at radius 2 is 1.84 bits per heavy atom. The molecule has 1 spiro atoms. The van der Waals surface area contributed by atoms with Crippen LogP contribution in [0.15, 0.2) is 59.9 Å². The number of halogens is 2. The van der Waals surface area contributed by atoms with Crippen LogP contribution in [0.1, 0.15) is 36.0 Å². The van der Waals surface area contributed by atoms with Crippen LogP contribution in [0.25, 0.3) is 17.0 Å². The van der Waals surface area contributed by atoms with Crippen LogP contribution in [0.2, 0.25) is 0 Å². The third-order valence-corrected chi connectivity index (χ3v) is 9.29. The molecule has 0 aliphatic carbocycles. The zero-order chi connectivity index (χ0) is 29.7. The van der Waals surface area contributed by atoms with E-state index >= 15 is 0 Å². The number of hydrogen-bond acceptors (Lipinski definition) is 6. The molecule has 0 bridgehead atoms. The molecule has 222 valence electrons. The van der Waals surface area contributed by atoms with Crippen molar-refractivity contribution in [2.45, 2.75) is 32.2 Å². The van der Waals surface area contributed by atoms with E-state index in [1.165, 1.54) is 5.57 Å². The third kappa shape index (κ3) is 5.05. The summed E-state index contributed by atoms with van der Waals surface area (Å²) in [5.41, 5.74) is 4.44. The molecule has 5 heterocycles. The van der Waals surface area contributed by atoms with Gasteiger partial charge in [-0.3, -0.25) is 24.2 Å². The van der Waals surface area contributed by atoms with Crippen molar-refractivity contribution in [3.8, 4) is 11.4 Å². The monoisotopic (exact) mass is 585 g/mol. The summed E-state index contributed by atoms with van der Waals surface area (Å²) >= 11 is 0. The van der Waals surface area contributed by atoms with E-state index in [4.69, 9.17) is 0 Å². The minimum absolute atomic E-state index is 0.0197. The molecule has 43 heavy (non-hydrogen) atoms. The second kappa shape index (κ2) is 10.8. The van der Waals surface area contributed by atoms with Crippen LogP contribution in [-0.4, -0.2) is 87.8 Å². The lowest BCUT2D eigenvalue weighted by atomic mass is 9.85. The van der Waals surface area contributed by atoms with Gasteiger partial charge in [0.2, 0.25) is 11.8 Å². The van der Waals surface area contributed by atoms with Crippen LogP contribution in [0.3, 0.4) is 0 Å². The van der Waals surface area contributed by atoms with E-state index < -0.39 is 11.8 Å². The maximum absolute atomic E-state index is 13.7. The number of hydrogen-bond donors (Lipinski definition) is 0. The van der Waals surface area contributed by atoms with Crippen molar-refractivity contribution in [2.75, 3.05) is 44.2 Å². The molecule has 3 aromatic rings. The number of amides is 2. The zero-order valence-corrected chi connectivity index (χ0v) is 24.0. The SMILES string of the molecule is Cn1cnc(-c2ccc(C3=CCN(C(=O)CN4CC[C@]5(CCN(c6ccc7c(c6)C(C(F)F)=NC7)C5=O)C4)CC3)cc2)n1. The molecule has 2 amide bonds. The maximum Gasteiger partial charge on any atom is 0.280 e. The van der Waals surface area contributed by atoms with Gasteiger partial charge in [0.05, 0.1) is 18.5 Å². The molecule has 4 aliphatic rings. The highest BCUT2D eigenvalue weighted by molar-refractivity contribution is 6.08. The molecule has 9 nitrogen and oxygen atoms in total. The highest BCUT2D eigenvalue weighted by Crippen LogP contribution is 2.43. The second-order valence-corrected chi connectivity index (χ2v) is 11.9. The Morgan fingerprint density at radius 3 is 2.56 bits per heavy atom. The predicted octanol–water partition coefficient (Wildman–Crippen LogP) is 3.79. The van der Waals surface area contributed by atoms with Crippen molar-refractivity contribution in [1.29, 1.82) is 0 Å². The molecular weight excluding hydrogens is 552 g/mol. The number of anilines is 1. The number of carbonyl (C=O) groups excluding carboxylic acids is 2. The highest BCUT2D eigenvalue weighted by Gasteiger charge is 2.51. The summed E-state index contributed by atoms with van der Waals surface area (Å²) in [6.45, 7) is 3.52. The summed E-state index contributed by atoms with van der Waals surface area (Å²) in [6.07, 6.45) is 3.33. The van der Waals surface area contributed by atoms with Gasteiger partial charge in [-0.25, -0.2) is 13.8 Å². The number of fused-ring (bicyclic) bond motifs is 1. The Balaban J connectivity index is 0.950. The molecule has 0 unspecified atom stereocenters. The minimum Gasteiger partial charge on any atom is -0.338 e. The molecule has 1 atom stereocenters. The molecule has 2 saturated heterocycles. The van der Waals surface area contributed by atoms with Gasteiger partial charge in [-0.15, -0.1) is 0 Å². The van der Waals surface area contributed by atoms with Crippen molar-refractivity contribution >= 4 is 28.8 Å². The van der Waals surface area contributed by atoms with Crippen LogP contribution in [0.4, 0.5) is 14.5 Å². The number of likely N-dealkylation sites (tertiary alicyclic amines) is 1. The average molecular weight is 586 g/mol. The Kier molecular flexibility index (Phi) is 6.92. The summed E-state index contributed by atoms with van der Waals surface area (Å²) in [7, 11) is 1.84. The van der Waals surface area contributed by atoms with E-state index in [-0.39, 0.29) is 30.6 Å². The molecule has 0 radical (unpaired) electrons. The average Bonchev–Trinajstić information content (AvgIpc) is 3.81. The standard InChI is InChI=1S/C32H33F2N7O2/c1-38-20-36-30(37-38)23-4-2-21(3-5-23)22-8-12-40(13-9-22)27(42)18-39-14-10-32(19-39)11-15-41(31(32)43)25-7-6-24-17-35-28(29(33)34)26(24)16-25/h2-8,16,20,29H,9-15,17-19H2,1H3/t32-/m0/s1. The Bertz CT molecular complexity index is 1650. The van der Waals surface area contributed by atoms with E-state index in [2.05, 4.69) is 38.2 Å². The number of aliphatic imine (C=N–C) groups is 1. The van der Waals surface area contributed by atoms with Crippen LogP contribution in [0, 0.1) is 5.41 Å². The molecule has 1 aromatic heterocycles. The van der Waals surface area contributed by atoms with Gasteiger partial charge >= 0.3 is 0 Å². The fraction of sp³-hybridized carbons (Fsp3) is 0.406. The van der Waals surface area contributed by atoms with Crippen LogP contribution in [-0.2, 0) is 23.2 Å². The van der Waals surface area contributed by atoms with Crippen LogP contribution >= 0.6 is 0 Å². The number of rotatable bonds is 6. The van der Waals surface area contributed by atoms with Crippen molar-refractivity contribution in [1.82, 2.24) is 24.6 Å². The maximum atomic E-state index is 13.7. The molecule has 0 saturated carbocycles. The fourth-order valence-corrected chi connectivity index (χ4v) is 6.84. The minimum atomic E-state index is -2.64. The second-order valence-electron chi connectivity index (χ2n) is 11.9. The Morgan fingerprint density at radius 1 is 1.05 bits per heavy atom. The van der Waals surface area contributed by atoms with E-state index in [1.54, 1.807) is 28.0 Å². The van der Waals surface area contributed by atoms with Crippen LogP contribution < -0.4 is 4.90 Å². The smallest absolute Gasteiger partial charge is 0.280 e. The quantitative estimate of drug-likeness (QED) is 0.440. The molecule has 2 fully saturated rings. The largest absolute Gasteiger partial charge is 0.338 e. The van der Waals surface area contributed by atoms with E-state index in [9.17, 15) is 18.4 Å². The normalized spacial score (nSPS) is 22.1. The topological polar surface area (TPSA) is 86.9 Å². The molecule has 7 rings (SSSR count). The van der Waals surface area contributed by atoms with Gasteiger partial charge in [0.25, 0.3) is 6.43 Å². The van der Waals surface area contributed by atoms with Crippen molar-refractivity contribution in [3.63, 3.8) is 0 Å². The highest BCUT2D eigenvalue weighted by atomic mass is 19.3. The number of nitrogens with zero attached hydrogens (tertiary/aromatic N) is 7. The summed E-state index contributed by atoms with van der Waals surface area (Å²) < 4.78 is 28.6. The lowest BCUT2D eigenvalue weighted by molar-refractivity contribution is -0.132. The summed E-state index contributed by atoms with van der Waals surface area (Å²) in [5, 5.41) is 4.35. The zero-order valence-electron chi connectivity index (χ0n) is 24.0. The Hall–Kier alpha value is -4.25. The first-order valence-corrected chi connectivity index (χ1v) is 14.7. The van der Waals surface area contributed by atoms with Crippen molar-refractivity contribution in [3.05, 3.63) is 71.6 Å². The number of alkyl halides is 2. The van der Waals surface area contributed by atoms with Crippen molar-refractivity contribution in [2.24, 2.45) is 17.5 Å². The van der Waals surface area contributed by atoms with Crippen LogP contribution in [0.5, 0.6) is 0 Å². The summed E-state index contributed by atoms with van der Waals surface area (Å²) in [6, 6.07) is 13.5. The number of carbonyl (C=O) groups is 2. The summed E-state index contributed by atoms with van der Waals surface area (Å²) in [5.74, 6) is 0.788.